The minimum absolute atomic E-state index is 0.0587. The van der Waals surface area contributed by atoms with Crippen LogP contribution < -0.4 is 5.32 Å². The van der Waals surface area contributed by atoms with E-state index in [-0.39, 0.29) is 43.5 Å². The van der Waals surface area contributed by atoms with Crippen molar-refractivity contribution >= 4 is 39.1 Å². The molecule has 196 valence electrons. The molecule has 4 rings (SSSR count). The average molecular weight is 561 g/mol. The van der Waals surface area contributed by atoms with Gasteiger partial charge in [-0.3, -0.25) is 4.79 Å². The van der Waals surface area contributed by atoms with Crippen molar-refractivity contribution in [2.45, 2.75) is 55.1 Å². The molecule has 0 saturated carbocycles. The van der Waals surface area contributed by atoms with E-state index >= 15 is 0 Å². The fourth-order valence-electron chi connectivity index (χ4n) is 4.44. The molecule has 0 bridgehead atoms. The number of fused-ring (bicyclic) bond motifs is 1. The molecule has 2 fully saturated rings. The normalized spacial score (nSPS) is 25.4. The van der Waals surface area contributed by atoms with Crippen LogP contribution in [-0.4, -0.2) is 67.8 Å². The Labute approximate surface area is 219 Å². The van der Waals surface area contributed by atoms with E-state index in [0.717, 1.165) is 17.7 Å². The Morgan fingerprint density at radius 3 is 2.58 bits per heavy atom. The minimum Gasteiger partial charge on any atom is -0.389 e. The van der Waals surface area contributed by atoms with Crippen LogP contribution in [0.4, 0.5) is 4.39 Å². The molecule has 12 heteroatoms. The molecule has 1 amide bonds. The second kappa shape index (κ2) is 11.7. The van der Waals surface area contributed by atoms with E-state index in [1.165, 1.54) is 16.4 Å². The first-order valence-electron chi connectivity index (χ1n) is 11.5. The van der Waals surface area contributed by atoms with Gasteiger partial charge in [-0.2, -0.15) is 4.31 Å². The molecular weight excluding hydrogens is 534 g/mol. The van der Waals surface area contributed by atoms with Crippen LogP contribution in [0.1, 0.15) is 24.8 Å². The van der Waals surface area contributed by atoms with Gasteiger partial charge in [-0.1, -0.05) is 29.3 Å². The summed E-state index contributed by atoms with van der Waals surface area (Å²) in [6.45, 7) is 0.105. The Balaban J connectivity index is 1.42. The highest BCUT2D eigenvalue weighted by Gasteiger charge is 2.43. The Morgan fingerprint density at radius 1 is 1.11 bits per heavy atom. The Bertz CT molecular complexity index is 1180. The van der Waals surface area contributed by atoms with Gasteiger partial charge in [0.2, 0.25) is 15.9 Å². The molecule has 0 aromatic heterocycles. The summed E-state index contributed by atoms with van der Waals surface area (Å²) in [5, 5.41) is 13.9. The fourth-order valence-corrected chi connectivity index (χ4v) is 6.48. The van der Waals surface area contributed by atoms with E-state index in [0.29, 0.717) is 22.9 Å². The molecule has 2 N–H and O–H groups in total. The van der Waals surface area contributed by atoms with Gasteiger partial charge in [0.15, 0.2) is 0 Å². The molecule has 0 aliphatic carbocycles. The molecule has 36 heavy (non-hydrogen) atoms. The van der Waals surface area contributed by atoms with Crippen molar-refractivity contribution in [2.24, 2.45) is 0 Å². The first kappa shape index (κ1) is 27.3. The monoisotopic (exact) mass is 560 g/mol. The lowest BCUT2D eigenvalue weighted by Gasteiger charge is -2.43. The van der Waals surface area contributed by atoms with Crippen LogP contribution in [0.2, 0.25) is 10.0 Å². The summed E-state index contributed by atoms with van der Waals surface area (Å²) in [6.07, 6.45) is -1.14. The van der Waals surface area contributed by atoms with Crippen LogP contribution in [0.15, 0.2) is 47.4 Å². The number of rotatable bonds is 6. The molecule has 2 aromatic carbocycles. The van der Waals surface area contributed by atoms with Crippen molar-refractivity contribution in [1.82, 2.24) is 9.62 Å². The zero-order valence-electron chi connectivity index (χ0n) is 19.3. The van der Waals surface area contributed by atoms with Crippen LogP contribution in [0.25, 0.3) is 0 Å². The van der Waals surface area contributed by atoms with E-state index in [4.69, 9.17) is 32.7 Å². The number of amides is 1. The molecule has 4 atom stereocenters. The SMILES string of the molecule is O=C(C[C@H]1CC[C@H]2[C@@H](COC[C@@H](O)CN2S(=O)(=O)c2ccc(F)cc2)O1)NCc1ccc(Cl)c(Cl)c1. The third kappa shape index (κ3) is 6.55. The highest BCUT2D eigenvalue weighted by Crippen LogP contribution is 2.31. The molecule has 2 aliphatic rings. The van der Waals surface area contributed by atoms with E-state index in [1.54, 1.807) is 18.2 Å². The molecule has 0 radical (unpaired) electrons. The average Bonchev–Trinajstić information content (AvgIpc) is 2.83. The lowest BCUT2D eigenvalue weighted by Crippen LogP contribution is -2.57. The van der Waals surface area contributed by atoms with Crippen molar-refractivity contribution in [1.29, 1.82) is 0 Å². The number of carbonyl (C=O) groups is 1. The number of nitrogens with one attached hydrogen (secondary N) is 1. The number of ether oxygens (including phenoxy) is 2. The quantitative estimate of drug-likeness (QED) is 0.562. The number of halogens is 3. The first-order chi connectivity index (χ1) is 17.1. The van der Waals surface area contributed by atoms with Gasteiger partial charge in [-0.15, -0.1) is 0 Å². The largest absolute Gasteiger partial charge is 0.389 e. The van der Waals surface area contributed by atoms with E-state index in [1.807, 2.05) is 0 Å². The highest BCUT2D eigenvalue weighted by molar-refractivity contribution is 7.89. The molecule has 8 nitrogen and oxygen atoms in total. The van der Waals surface area contributed by atoms with Gasteiger partial charge in [-0.05, 0) is 54.8 Å². The van der Waals surface area contributed by atoms with Crippen molar-refractivity contribution in [3.05, 3.63) is 63.9 Å². The second-order valence-corrected chi connectivity index (χ2v) is 11.6. The van der Waals surface area contributed by atoms with E-state index < -0.39 is 40.2 Å². The number of aliphatic hydroxyl groups is 1. The predicted molar refractivity (Wildman–Crippen MR) is 132 cm³/mol. The van der Waals surface area contributed by atoms with E-state index in [2.05, 4.69) is 5.32 Å². The zero-order chi connectivity index (χ0) is 25.9. The number of aliphatic hydroxyl groups excluding tert-OH is 1. The Kier molecular flexibility index (Phi) is 8.87. The van der Waals surface area contributed by atoms with Gasteiger partial charge in [0.05, 0.1) is 58.9 Å². The van der Waals surface area contributed by atoms with Crippen molar-refractivity contribution in [3.8, 4) is 0 Å². The molecule has 2 saturated heterocycles. The summed E-state index contributed by atoms with van der Waals surface area (Å²) in [4.78, 5) is 12.5. The predicted octanol–water partition coefficient (Wildman–Crippen LogP) is 3.14. The smallest absolute Gasteiger partial charge is 0.243 e. The summed E-state index contributed by atoms with van der Waals surface area (Å²) in [5.41, 5.74) is 0.802. The number of benzene rings is 2. The van der Waals surface area contributed by atoms with Crippen molar-refractivity contribution < 1.29 is 32.2 Å². The number of nitrogens with zero attached hydrogens (tertiary/aromatic N) is 1. The van der Waals surface area contributed by atoms with Gasteiger partial charge in [0.1, 0.15) is 5.82 Å². The van der Waals surface area contributed by atoms with Gasteiger partial charge >= 0.3 is 0 Å². The van der Waals surface area contributed by atoms with E-state index in [9.17, 15) is 22.7 Å². The van der Waals surface area contributed by atoms with Crippen LogP contribution in [0, 0.1) is 5.82 Å². The molecule has 2 heterocycles. The lowest BCUT2D eigenvalue weighted by molar-refractivity contribution is -0.146. The summed E-state index contributed by atoms with van der Waals surface area (Å²) in [7, 11) is -4.04. The van der Waals surface area contributed by atoms with Crippen LogP contribution in [0.5, 0.6) is 0 Å². The number of hydrogen-bond acceptors (Lipinski definition) is 6. The third-order valence-electron chi connectivity index (χ3n) is 6.24. The van der Waals surface area contributed by atoms with Gasteiger partial charge in [0, 0.05) is 13.1 Å². The van der Waals surface area contributed by atoms with Crippen molar-refractivity contribution in [2.75, 3.05) is 19.8 Å². The standard InChI is InChI=1S/C24H27Cl2FN2O6S/c25-20-7-1-15(9-21(20)26)11-28-24(31)10-18-4-8-22-23(35-18)14-34-13-17(30)12-29(22)36(32,33)19-5-2-16(27)3-6-19/h1-3,5-7,9,17-18,22-23,30H,4,8,10-14H2,(H,28,31)/t17-,18+,22-,23+/m0/s1. The maximum Gasteiger partial charge on any atom is 0.243 e. The number of hydrogen-bond donors (Lipinski definition) is 2. The summed E-state index contributed by atoms with van der Waals surface area (Å²) < 4.78 is 53.1. The molecule has 2 aromatic rings. The topological polar surface area (TPSA) is 105 Å². The van der Waals surface area contributed by atoms with Gasteiger partial charge in [-0.25, -0.2) is 12.8 Å². The van der Waals surface area contributed by atoms with Crippen LogP contribution in [0.3, 0.4) is 0 Å². The number of sulfonamides is 1. The van der Waals surface area contributed by atoms with Gasteiger partial charge in [0.25, 0.3) is 0 Å². The summed E-state index contributed by atoms with van der Waals surface area (Å²) in [5.74, 6) is -0.767. The van der Waals surface area contributed by atoms with Crippen LogP contribution in [-0.2, 0) is 30.8 Å². The summed E-state index contributed by atoms with van der Waals surface area (Å²) in [6, 6.07) is 9.07. The first-order valence-corrected chi connectivity index (χ1v) is 13.7. The van der Waals surface area contributed by atoms with Crippen molar-refractivity contribution in [3.63, 3.8) is 0 Å². The molecule has 0 spiro atoms. The second-order valence-electron chi connectivity index (χ2n) is 8.89. The number of carbonyl (C=O) groups excluding carboxylic acids is 1. The lowest BCUT2D eigenvalue weighted by atomic mass is 9.96. The Hall–Kier alpha value is -1.79. The maximum absolute atomic E-state index is 13.4. The number of β-amino-alcohol motifs (C(OH)–C–C–N with tert-alkyl or cyclic N) is 1. The molecule has 0 unspecified atom stereocenters. The molecule has 2 aliphatic heterocycles. The minimum atomic E-state index is -4.04. The fraction of sp³-hybridized carbons (Fsp3) is 0.458. The maximum atomic E-state index is 13.4. The van der Waals surface area contributed by atoms with Gasteiger partial charge < -0.3 is 19.9 Å². The molecular formula is C24H27Cl2FN2O6S. The summed E-state index contributed by atoms with van der Waals surface area (Å²) >= 11 is 11.9. The zero-order valence-corrected chi connectivity index (χ0v) is 21.6. The van der Waals surface area contributed by atoms with Crippen LogP contribution >= 0.6 is 23.2 Å². The highest BCUT2D eigenvalue weighted by atomic mass is 35.5. The Morgan fingerprint density at radius 2 is 1.86 bits per heavy atom. The third-order valence-corrected chi connectivity index (χ3v) is 8.88.